The fourth-order valence-electron chi connectivity index (χ4n) is 3.52. The maximum absolute atomic E-state index is 11.6. The number of hydrogen-bond donors (Lipinski definition) is 3. The molecule has 0 radical (unpaired) electrons. The topological polar surface area (TPSA) is 82.6 Å². The minimum Gasteiger partial charge on any atom is -0.356 e. The second kappa shape index (κ2) is 11.3. The van der Waals surface area contributed by atoms with Crippen molar-refractivity contribution < 1.29 is 8.42 Å². The summed E-state index contributed by atoms with van der Waals surface area (Å²) in [5, 5.41) is 6.67. The van der Waals surface area contributed by atoms with E-state index in [1.807, 2.05) is 24.3 Å². The number of sulfonamides is 1. The Morgan fingerprint density at radius 2 is 1.74 bits per heavy atom. The summed E-state index contributed by atoms with van der Waals surface area (Å²) >= 11 is 0. The predicted molar refractivity (Wildman–Crippen MR) is 112 cm³/mol. The van der Waals surface area contributed by atoms with E-state index < -0.39 is 10.0 Å². The van der Waals surface area contributed by atoms with Crippen molar-refractivity contribution in [3.05, 3.63) is 35.4 Å². The first kappa shape index (κ1) is 21.7. The average molecular weight is 395 g/mol. The molecule has 3 N–H and O–H groups in total. The van der Waals surface area contributed by atoms with Crippen molar-refractivity contribution in [3.8, 4) is 0 Å². The molecule has 0 unspecified atom stereocenters. The molecule has 6 nitrogen and oxygen atoms in total. The summed E-state index contributed by atoms with van der Waals surface area (Å²) < 4.78 is 25.5. The zero-order valence-electron chi connectivity index (χ0n) is 16.6. The highest BCUT2D eigenvalue weighted by molar-refractivity contribution is 7.88. The number of unbranched alkanes of at least 4 members (excludes halogenated alkanes) is 1. The van der Waals surface area contributed by atoms with E-state index >= 15 is 0 Å². The van der Waals surface area contributed by atoms with Crippen molar-refractivity contribution in [2.24, 2.45) is 10.9 Å². The van der Waals surface area contributed by atoms with Gasteiger partial charge in [-0.1, -0.05) is 62.8 Å². The largest absolute Gasteiger partial charge is 0.356 e. The third-order valence-electron chi connectivity index (χ3n) is 5.18. The Morgan fingerprint density at radius 1 is 1.07 bits per heavy atom. The lowest BCUT2D eigenvalue weighted by atomic mass is 10.0. The Morgan fingerprint density at radius 3 is 2.37 bits per heavy atom. The lowest BCUT2D eigenvalue weighted by molar-refractivity contribution is 0.472. The molecule has 0 heterocycles. The van der Waals surface area contributed by atoms with Crippen LogP contribution >= 0.6 is 0 Å². The molecule has 1 aliphatic rings. The van der Waals surface area contributed by atoms with Gasteiger partial charge >= 0.3 is 0 Å². The number of nitrogens with one attached hydrogen (secondary N) is 3. The number of nitrogens with zero attached hydrogens (tertiary/aromatic N) is 1. The first-order chi connectivity index (χ1) is 13.0. The Labute approximate surface area is 164 Å². The van der Waals surface area contributed by atoms with Gasteiger partial charge in [0.25, 0.3) is 0 Å². The van der Waals surface area contributed by atoms with Gasteiger partial charge in [-0.2, -0.15) is 0 Å². The van der Waals surface area contributed by atoms with Gasteiger partial charge in [0.05, 0.1) is 5.75 Å². The summed E-state index contributed by atoms with van der Waals surface area (Å²) in [5.41, 5.74) is 1.86. The highest BCUT2D eigenvalue weighted by atomic mass is 32.2. The van der Waals surface area contributed by atoms with Crippen LogP contribution in [0.3, 0.4) is 0 Å². The summed E-state index contributed by atoms with van der Waals surface area (Å²) in [4.78, 5) is 4.26. The average Bonchev–Trinajstić information content (AvgIpc) is 3.18. The molecule has 0 amide bonds. The van der Waals surface area contributed by atoms with Gasteiger partial charge in [-0.15, -0.1) is 0 Å². The molecule has 1 aromatic rings. The van der Waals surface area contributed by atoms with E-state index in [1.165, 1.54) is 52.0 Å². The Kier molecular flexibility index (Phi) is 9.07. The maximum atomic E-state index is 11.6. The molecule has 1 saturated carbocycles. The highest BCUT2D eigenvalue weighted by Crippen LogP contribution is 2.28. The first-order valence-electron chi connectivity index (χ1n) is 9.96. The predicted octanol–water partition coefficient (Wildman–Crippen LogP) is 2.76. The third-order valence-corrected chi connectivity index (χ3v) is 6.52. The van der Waals surface area contributed by atoms with Gasteiger partial charge < -0.3 is 10.6 Å². The smallest absolute Gasteiger partial charge is 0.215 e. The van der Waals surface area contributed by atoms with Gasteiger partial charge in [0.2, 0.25) is 10.0 Å². The zero-order chi connectivity index (χ0) is 19.5. The normalized spacial score (nSPS) is 15.9. The van der Waals surface area contributed by atoms with Crippen LogP contribution in [0.15, 0.2) is 29.3 Å². The Hall–Kier alpha value is -1.60. The lowest BCUT2D eigenvalue weighted by Gasteiger charge is -2.13. The van der Waals surface area contributed by atoms with Crippen molar-refractivity contribution in [1.82, 2.24) is 15.4 Å². The second-order valence-electron chi connectivity index (χ2n) is 7.28. The number of aliphatic imine (C=N–C) groups is 1. The minimum absolute atomic E-state index is 0.00128. The summed E-state index contributed by atoms with van der Waals surface area (Å²) in [5.74, 6) is 1.77. The number of hydrogen-bond acceptors (Lipinski definition) is 3. The number of guanidine groups is 1. The van der Waals surface area contributed by atoms with Gasteiger partial charge in [0.1, 0.15) is 0 Å². The summed E-state index contributed by atoms with van der Waals surface area (Å²) in [7, 11) is -0.0217. The Bertz CT molecular complexity index is 680. The van der Waals surface area contributed by atoms with Crippen LogP contribution in [0.2, 0.25) is 0 Å². The zero-order valence-corrected chi connectivity index (χ0v) is 17.4. The monoisotopic (exact) mass is 394 g/mol. The fourth-order valence-corrected chi connectivity index (χ4v) is 4.29. The van der Waals surface area contributed by atoms with Crippen LogP contribution < -0.4 is 15.4 Å². The SMILES string of the molecule is CN=C(NCCCCC1CCCC1)NCc1ccc(CS(=O)(=O)NC)cc1. The van der Waals surface area contributed by atoms with Crippen molar-refractivity contribution in [2.75, 3.05) is 20.6 Å². The first-order valence-corrected chi connectivity index (χ1v) is 11.6. The molecule has 152 valence electrons. The molecule has 7 heteroatoms. The molecule has 1 fully saturated rings. The molecule has 27 heavy (non-hydrogen) atoms. The van der Waals surface area contributed by atoms with Crippen LogP contribution in [0.25, 0.3) is 0 Å². The second-order valence-corrected chi connectivity index (χ2v) is 9.20. The van der Waals surface area contributed by atoms with E-state index in [4.69, 9.17) is 0 Å². The molecular weight excluding hydrogens is 360 g/mol. The molecule has 0 spiro atoms. The van der Waals surface area contributed by atoms with Crippen LogP contribution in [0.4, 0.5) is 0 Å². The van der Waals surface area contributed by atoms with E-state index in [0.29, 0.717) is 6.54 Å². The highest BCUT2D eigenvalue weighted by Gasteiger charge is 2.13. The summed E-state index contributed by atoms with van der Waals surface area (Å²) in [6.45, 7) is 1.59. The van der Waals surface area contributed by atoms with Gasteiger partial charge in [0, 0.05) is 20.1 Å². The van der Waals surface area contributed by atoms with E-state index in [9.17, 15) is 8.42 Å². The van der Waals surface area contributed by atoms with E-state index in [1.54, 1.807) is 7.05 Å². The molecule has 1 aliphatic carbocycles. The summed E-state index contributed by atoms with van der Waals surface area (Å²) in [6.07, 6.45) is 9.52. The van der Waals surface area contributed by atoms with Gasteiger partial charge in [-0.3, -0.25) is 4.99 Å². The van der Waals surface area contributed by atoms with Crippen LogP contribution in [-0.4, -0.2) is 35.0 Å². The molecule has 1 aromatic carbocycles. The number of benzene rings is 1. The Balaban J connectivity index is 1.66. The van der Waals surface area contributed by atoms with Crippen molar-refractivity contribution in [3.63, 3.8) is 0 Å². The van der Waals surface area contributed by atoms with Gasteiger partial charge in [-0.25, -0.2) is 13.1 Å². The molecule has 2 rings (SSSR count). The molecule has 0 aromatic heterocycles. The van der Waals surface area contributed by atoms with Crippen LogP contribution in [0.1, 0.15) is 56.1 Å². The van der Waals surface area contributed by atoms with Crippen molar-refractivity contribution in [2.45, 2.75) is 57.2 Å². The quantitative estimate of drug-likeness (QED) is 0.324. The molecule has 0 aliphatic heterocycles. The molecular formula is C20H34N4O2S. The number of rotatable bonds is 10. The van der Waals surface area contributed by atoms with Crippen molar-refractivity contribution in [1.29, 1.82) is 0 Å². The van der Waals surface area contributed by atoms with E-state index in [-0.39, 0.29) is 5.75 Å². The lowest BCUT2D eigenvalue weighted by Crippen LogP contribution is -2.37. The molecule has 0 atom stereocenters. The van der Waals surface area contributed by atoms with E-state index in [2.05, 4.69) is 20.3 Å². The summed E-state index contributed by atoms with van der Waals surface area (Å²) in [6, 6.07) is 7.60. The van der Waals surface area contributed by atoms with Gasteiger partial charge in [-0.05, 0) is 30.5 Å². The van der Waals surface area contributed by atoms with Crippen LogP contribution in [0, 0.1) is 5.92 Å². The molecule has 0 bridgehead atoms. The van der Waals surface area contributed by atoms with E-state index in [0.717, 1.165) is 29.5 Å². The molecule has 0 saturated heterocycles. The van der Waals surface area contributed by atoms with Crippen molar-refractivity contribution >= 4 is 16.0 Å². The minimum atomic E-state index is -3.23. The third kappa shape index (κ3) is 8.30. The maximum Gasteiger partial charge on any atom is 0.215 e. The standard InChI is InChI=1S/C20H34N4O2S/c1-21-20(23-14-6-5-9-17-7-3-4-8-17)24-15-18-10-12-19(13-11-18)16-27(25,26)22-2/h10-13,17,22H,3-9,14-16H2,1-2H3,(H2,21,23,24). The van der Waals surface area contributed by atoms with Crippen LogP contribution in [0.5, 0.6) is 0 Å². The van der Waals surface area contributed by atoms with Gasteiger partial charge in [0.15, 0.2) is 5.96 Å². The van der Waals surface area contributed by atoms with Crippen LogP contribution in [-0.2, 0) is 22.3 Å². The fraction of sp³-hybridized carbons (Fsp3) is 0.650.